The van der Waals surface area contributed by atoms with E-state index in [1.54, 1.807) is 0 Å². The summed E-state index contributed by atoms with van der Waals surface area (Å²) in [7, 11) is 0. The van der Waals surface area contributed by atoms with Gasteiger partial charge in [-0.3, -0.25) is 0 Å². The Morgan fingerprint density at radius 1 is 1.16 bits per heavy atom. The predicted molar refractivity (Wildman–Crippen MR) is 75.0 cm³/mol. The number of hydrogen-bond acceptors (Lipinski definition) is 3. The van der Waals surface area contributed by atoms with Crippen molar-refractivity contribution in [2.75, 3.05) is 0 Å². The molecule has 2 aliphatic rings. The Morgan fingerprint density at radius 2 is 2.05 bits per heavy atom. The maximum Gasteiger partial charge on any atom is 0.132 e. The lowest BCUT2D eigenvalue weighted by Gasteiger charge is -2.27. The van der Waals surface area contributed by atoms with Crippen LogP contribution in [-0.2, 0) is 0 Å². The molecular weight excluding hydrogens is 236 g/mol. The second-order valence-electron chi connectivity index (χ2n) is 6.13. The van der Waals surface area contributed by atoms with Gasteiger partial charge in [0, 0.05) is 42.0 Å². The molecule has 0 aliphatic heterocycles. The van der Waals surface area contributed by atoms with Crippen LogP contribution in [0.1, 0.15) is 56.3 Å². The quantitative estimate of drug-likeness (QED) is 0.898. The van der Waals surface area contributed by atoms with E-state index in [0.29, 0.717) is 18.0 Å². The number of rotatable bonds is 2. The molecule has 100 valence electrons. The third-order valence-electron chi connectivity index (χ3n) is 4.48. The molecule has 0 saturated heterocycles. The third-order valence-corrected chi connectivity index (χ3v) is 4.48. The molecule has 0 spiro atoms. The van der Waals surface area contributed by atoms with E-state index < -0.39 is 0 Å². The summed E-state index contributed by atoms with van der Waals surface area (Å²) in [4.78, 5) is 9.20. The average molecular weight is 256 g/mol. The van der Waals surface area contributed by atoms with Crippen LogP contribution >= 0.6 is 0 Å². The smallest absolute Gasteiger partial charge is 0.132 e. The van der Waals surface area contributed by atoms with Crippen molar-refractivity contribution >= 4 is 10.9 Å². The lowest BCUT2D eigenvalue weighted by atomic mass is 9.91. The van der Waals surface area contributed by atoms with E-state index in [4.69, 9.17) is 10.7 Å². The standard InChI is InChI=1S/C15H20N4/c16-12-2-1-3-13(6-12)19-8-11-7-17-15(10-4-5-10)18-14(11)9-19/h7-10,12-13H,1-6,16H2/t12-,13+/m1/s1. The molecule has 4 nitrogen and oxygen atoms in total. The van der Waals surface area contributed by atoms with E-state index in [0.717, 1.165) is 23.1 Å². The molecule has 19 heavy (non-hydrogen) atoms. The van der Waals surface area contributed by atoms with Gasteiger partial charge < -0.3 is 10.3 Å². The molecule has 2 aromatic rings. The van der Waals surface area contributed by atoms with Crippen molar-refractivity contribution in [3.63, 3.8) is 0 Å². The summed E-state index contributed by atoms with van der Waals surface area (Å²) >= 11 is 0. The minimum Gasteiger partial charge on any atom is -0.348 e. The first kappa shape index (κ1) is 11.4. The normalized spacial score (nSPS) is 27.8. The number of nitrogens with zero attached hydrogens (tertiary/aromatic N) is 3. The van der Waals surface area contributed by atoms with Crippen LogP contribution in [0.4, 0.5) is 0 Å². The Kier molecular flexibility index (Phi) is 2.58. The van der Waals surface area contributed by atoms with Gasteiger partial charge in [-0.2, -0.15) is 0 Å². The summed E-state index contributed by atoms with van der Waals surface area (Å²) in [5, 5.41) is 1.16. The van der Waals surface area contributed by atoms with Crippen LogP contribution in [-0.4, -0.2) is 20.6 Å². The van der Waals surface area contributed by atoms with Gasteiger partial charge in [-0.25, -0.2) is 9.97 Å². The van der Waals surface area contributed by atoms with Crippen LogP contribution in [0.3, 0.4) is 0 Å². The van der Waals surface area contributed by atoms with Gasteiger partial charge in [0.1, 0.15) is 5.82 Å². The van der Waals surface area contributed by atoms with Gasteiger partial charge in [-0.05, 0) is 38.5 Å². The number of aromatic nitrogens is 3. The SMILES string of the molecule is N[C@@H]1CCC[C@H](n2cc3cnc(C4CC4)nc3c2)C1. The highest BCUT2D eigenvalue weighted by atomic mass is 15.0. The molecule has 4 heteroatoms. The molecule has 0 bridgehead atoms. The van der Waals surface area contributed by atoms with E-state index in [2.05, 4.69) is 21.9 Å². The molecule has 2 saturated carbocycles. The zero-order chi connectivity index (χ0) is 12.8. The summed E-state index contributed by atoms with van der Waals surface area (Å²) in [6.07, 6.45) is 13.6. The Morgan fingerprint density at radius 3 is 2.84 bits per heavy atom. The molecule has 2 heterocycles. The maximum absolute atomic E-state index is 6.09. The molecule has 2 aromatic heterocycles. The lowest BCUT2D eigenvalue weighted by molar-refractivity contribution is 0.321. The van der Waals surface area contributed by atoms with Crippen LogP contribution in [0, 0.1) is 0 Å². The molecule has 2 aliphatic carbocycles. The molecule has 0 aromatic carbocycles. The van der Waals surface area contributed by atoms with Crippen LogP contribution in [0.15, 0.2) is 18.6 Å². The largest absolute Gasteiger partial charge is 0.348 e. The van der Waals surface area contributed by atoms with E-state index >= 15 is 0 Å². The van der Waals surface area contributed by atoms with E-state index in [-0.39, 0.29) is 0 Å². The Balaban J connectivity index is 1.66. The molecule has 2 fully saturated rings. The zero-order valence-corrected chi connectivity index (χ0v) is 11.1. The highest BCUT2D eigenvalue weighted by Gasteiger charge is 2.27. The first-order valence-corrected chi connectivity index (χ1v) is 7.39. The zero-order valence-electron chi connectivity index (χ0n) is 11.1. The van der Waals surface area contributed by atoms with Crippen molar-refractivity contribution in [2.24, 2.45) is 5.73 Å². The Labute approximate surface area is 113 Å². The monoisotopic (exact) mass is 256 g/mol. The van der Waals surface area contributed by atoms with Crippen LogP contribution < -0.4 is 5.73 Å². The van der Waals surface area contributed by atoms with Gasteiger partial charge >= 0.3 is 0 Å². The van der Waals surface area contributed by atoms with Crippen LogP contribution in [0.5, 0.6) is 0 Å². The summed E-state index contributed by atoms with van der Waals surface area (Å²) in [6.45, 7) is 0. The minimum absolute atomic E-state index is 0.359. The molecule has 4 rings (SSSR count). The molecule has 2 N–H and O–H groups in total. The Bertz CT molecular complexity index is 599. The number of fused-ring (bicyclic) bond motifs is 1. The predicted octanol–water partition coefficient (Wildman–Crippen LogP) is 2.75. The van der Waals surface area contributed by atoms with Gasteiger partial charge in [0.05, 0.1) is 5.52 Å². The minimum atomic E-state index is 0.359. The van der Waals surface area contributed by atoms with Gasteiger partial charge in [-0.1, -0.05) is 0 Å². The Hall–Kier alpha value is -1.42. The van der Waals surface area contributed by atoms with E-state index in [1.165, 1.54) is 32.1 Å². The second kappa shape index (κ2) is 4.30. The van der Waals surface area contributed by atoms with Gasteiger partial charge in [0.2, 0.25) is 0 Å². The highest BCUT2D eigenvalue weighted by Crippen LogP contribution is 2.38. The molecule has 0 amide bonds. The van der Waals surface area contributed by atoms with Crippen molar-refractivity contribution < 1.29 is 0 Å². The topological polar surface area (TPSA) is 56.7 Å². The van der Waals surface area contributed by atoms with E-state index in [1.807, 2.05) is 6.20 Å². The van der Waals surface area contributed by atoms with Crippen molar-refractivity contribution in [3.05, 3.63) is 24.4 Å². The van der Waals surface area contributed by atoms with Crippen molar-refractivity contribution in [3.8, 4) is 0 Å². The maximum atomic E-state index is 6.09. The van der Waals surface area contributed by atoms with Gasteiger partial charge in [0.15, 0.2) is 0 Å². The first-order chi connectivity index (χ1) is 9.29. The average Bonchev–Trinajstić information content (AvgIpc) is 3.17. The van der Waals surface area contributed by atoms with Crippen LogP contribution in [0.2, 0.25) is 0 Å². The molecule has 2 atom stereocenters. The van der Waals surface area contributed by atoms with E-state index in [9.17, 15) is 0 Å². The number of nitrogens with two attached hydrogens (primary N) is 1. The summed E-state index contributed by atoms with van der Waals surface area (Å²) in [5.41, 5.74) is 7.18. The van der Waals surface area contributed by atoms with Crippen molar-refractivity contribution in [2.45, 2.75) is 56.5 Å². The van der Waals surface area contributed by atoms with Gasteiger partial charge in [0.25, 0.3) is 0 Å². The van der Waals surface area contributed by atoms with Crippen LogP contribution in [0.25, 0.3) is 10.9 Å². The van der Waals surface area contributed by atoms with Gasteiger partial charge in [-0.15, -0.1) is 0 Å². The fourth-order valence-electron chi connectivity index (χ4n) is 3.18. The summed E-state index contributed by atoms with van der Waals surface area (Å²) in [5.74, 6) is 1.65. The lowest BCUT2D eigenvalue weighted by Crippen LogP contribution is -2.28. The fourth-order valence-corrected chi connectivity index (χ4v) is 3.18. The molecule has 0 radical (unpaired) electrons. The summed E-state index contributed by atoms with van der Waals surface area (Å²) in [6, 6.07) is 0.902. The molecular formula is C15H20N4. The highest BCUT2D eigenvalue weighted by molar-refractivity contribution is 5.77. The van der Waals surface area contributed by atoms with Crippen molar-refractivity contribution in [1.82, 2.24) is 14.5 Å². The third kappa shape index (κ3) is 2.14. The summed E-state index contributed by atoms with van der Waals surface area (Å²) < 4.78 is 2.31. The van der Waals surface area contributed by atoms with Crippen molar-refractivity contribution in [1.29, 1.82) is 0 Å². The fraction of sp³-hybridized carbons (Fsp3) is 0.600. The first-order valence-electron chi connectivity index (χ1n) is 7.39. The molecule has 0 unspecified atom stereocenters. The second-order valence-corrected chi connectivity index (χ2v) is 6.13. The number of hydrogen-bond donors (Lipinski definition) is 1.